The van der Waals surface area contributed by atoms with Gasteiger partial charge in [-0.3, -0.25) is 0 Å². The van der Waals surface area contributed by atoms with Crippen LogP contribution in [0.3, 0.4) is 0 Å². The molecule has 3 nitrogen and oxygen atoms in total. The maximum atomic E-state index is 8.76. The van der Waals surface area contributed by atoms with Gasteiger partial charge in [-0.05, 0) is 0 Å². The van der Waals surface area contributed by atoms with E-state index in [1.165, 1.54) is 0 Å². The van der Waals surface area contributed by atoms with Crippen LogP contribution < -0.4 is 29.6 Å². The average molecular weight is 212 g/mol. The maximum absolute atomic E-state index is 8.76. The molecule has 0 unspecified atom stereocenters. The van der Waals surface area contributed by atoms with Crippen LogP contribution in [-0.2, 0) is 20.6 Å². The molecule has 0 amide bonds. The van der Waals surface area contributed by atoms with Crippen LogP contribution in [0.2, 0.25) is 0 Å². The van der Waals surface area contributed by atoms with Crippen LogP contribution in [0.25, 0.3) is 0 Å². The van der Waals surface area contributed by atoms with Gasteiger partial charge in [-0.2, -0.15) is 0 Å². The molecule has 0 saturated heterocycles. The van der Waals surface area contributed by atoms with Crippen LogP contribution in [0, 0.1) is 0 Å². The van der Waals surface area contributed by atoms with Crippen molar-refractivity contribution >= 4 is 14.5 Å². The van der Waals surface area contributed by atoms with E-state index in [4.69, 9.17) is 12.2 Å². The second kappa shape index (κ2) is 9.89. The van der Waals surface area contributed by atoms with Gasteiger partial charge in [-0.1, -0.05) is 0 Å². The van der Waals surface area contributed by atoms with Crippen molar-refractivity contribution in [2.24, 2.45) is 0 Å². The van der Waals surface area contributed by atoms with E-state index in [9.17, 15) is 0 Å². The average Bonchev–Trinajstić information content (AvgIpc) is 0.811. The molecule has 0 saturated carbocycles. The van der Waals surface area contributed by atoms with Crippen molar-refractivity contribution in [2.45, 2.75) is 0 Å². The van der Waals surface area contributed by atoms with Crippen LogP contribution in [0.4, 0.5) is 0 Å². The van der Waals surface area contributed by atoms with Crippen molar-refractivity contribution in [1.82, 2.24) is 0 Å². The van der Waals surface area contributed by atoms with E-state index in [-0.39, 0.29) is 47.8 Å². The minimum absolute atomic E-state index is 0. The summed E-state index contributed by atoms with van der Waals surface area (Å²) in [7, 11) is 0. The number of rotatable bonds is 0. The van der Waals surface area contributed by atoms with Gasteiger partial charge in [-0.25, -0.2) is 0 Å². The van der Waals surface area contributed by atoms with Gasteiger partial charge < -0.3 is 1.43 Å². The van der Waals surface area contributed by atoms with E-state index in [0.717, 1.165) is 0 Å². The molecule has 0 heterocycles. The first-order chi connectivity index (χ1) is 1.73. The van der Waals surface area contributed by atoms with E-state index in [0.29, 0.717) is 0 Å². The second-order valence-electron chi connectivity index (χ2n) is 0.231. The van der Waals surface area contributed by atoms with Crippen LogP contribution in [0.15, 0.2) is 0 Å². The summed E-state index contributed by atoms with van der Waals surface area (Å²) in [6.45, 7) is 0. The number of hydrogen-bond donors (Lipinski definition) is 2. The summed E-state index contributed by atoms with van der Waals surface area (Å²) >= 11 is -3.29. The molecule has 0 aliphatic heterocycles. The Morgan fingerprint density at radius 1 is 1.50 bits per heavy atom. The van der Waals surface area contributed by atoms with E-state index >= 15 is 0 Å². The van der Waals surface area contributed by atoms with Crippen molar-refractivity contribution in [1.29, 1.82) is 0 Å². The largest absolute Gasteiger partial charge is 1.00 e. The zero-order valence-corrected chi connectivity index (χ0v) is 7.80. The van der Waals surface area contributed by atoms with Gasteiger partial charge in [0.05, 0.1) is 0 Å². The topological polar surface area (TPSA) is 57.5 Å². The van der Waals surface area contributed by atoms with Gasteiger partial charge >= 0.3 is 56.3 Å². The Balaban J connectivity index is -0.0000000150. The normalized spacial score (nSPS) is 5.83. The number of hydrogen-bond acceptors (Lipinski definition) is 1. The summed E-state index contributed by atoms with van der Waals surface area (Å²) in [5.74, 6) is 0. The van der Waals surface area contributed by atoms with Crippen molar-refractivity contribution in [2.75, 3.05) is 0 Å². The molecule has 0 fully saturated rings. The first kappa shape index (κ1) is 15.7. The third-order valence-electron chi connectivity index (χ3n) is 0. The molecule has 0 atom stereocenters. The zero-order chi connectivity index (χ0) is 3.58. The predicted octanol–water partition coefficient (Wildman–Crippen LogP) is -4.50. The Hall–Kier alpha value is 1.75. The van der Waals surface area contributed by atoms with E-state index in [1.807, 2.05) is 0 Å². The van der Waals surface area contributed by atoms with Gasteiger partial charge in [0.25, 0.3) is 0 Å². The molecule has 0 aromatic rings. The van der Waals surface area contributed by atoms with Gasteiger partial charge in [0, 0.05) is 16.8 Å². The summed E-state index contributed by atoms with van der Waals surface area (Å²) < 4.78 is 23.1. The van der Waals surface area contributed by atoms with Crippen LogP contribution >= 0.6 is 0 Å². The summed E-state index contributed by atoms with van der Waals surface area (Å²) in [6, 6.07) is 0. The zero-order valence-electron chi connectivity index (χ0n) is 4.04. The molecular weight excluding hydrogens is 209 g/mol. The van der Waals surface area contributed by atoms with Crippen LogP contribution in [0.1, 0.15) is 1.43 Å². The summed E-state index contributed by atoms with van der Waals surface area (Å²) in [4.78, 5) is 0. The summed E-state index contributed by atoms with van der Waals surface area (Å²) in [5.41, 5.74) is 0. The Bertz CT molecular complexity index is 37.9. The molecule has 2 N–H and O–H groups in total. The quantitative estimate of drug-likeness (QED) is 0.398. The van der Waals surface area contributed by atoms with E-state index in [2.05, 4.69) is 0 Å². The Morgan fingerprint density at radius 2 is 1.50 bits per heavy atom. The molecule has 0 rings (SSSR count). The van der Waals surface area contributed by atoms with E-state index in [1.54, 1.807) is 0 Å². The fourth-order valence-electron chi connectivity index (χ4n) is 0. The molecule has 6 heteroatoms. The van der Waals surface area contributed by atoms with Crippen molar-refractivity contribution in [3.05, 3.63) is 0 Å². The molecule has 0 aliphatic carbocycles. The molecule has 6 heavy (non-hydrogen) atoms. The Labute approximate surface area is 73.8 Å². The van der Waals surface area contributed by atoms with Crippen molar-refractivity contribution in [3.8, 4) is 0 Å². The fourth-order valence-corrected chi connectivity index (χ4v) is 0. The monoisotopic (exact) mass is 213 g/mol. The maximum Gasteiger partial charge on any atom is 1.00 e. The predicted molar refractivity (Wildman–Crippen MR) is 12.0 cm³/mol. The molecule has 0 aromatic heterocycles. The van der Waals surface area contributed by atoms with Crippen LogP contribution in [0.5, 0.6) is 0 Å². The summed E-state index contributed by atoms with van der Waals surface area (Å²) in [5, 5.41) is 0. The molecule has 0 bridgehead atoms. The Morgan fingerprint density at radius 3 is 1.50 bits per heavy atom. The summed E-state index contributed by atoms with van der Waals surface area (Å²) in [6.07, 6.45) is 0. The van der Waals surface area contributed by atoms with Gasteiger partial charge in [0.2, 0.25) is 0 Å². The molecule has 37 valence electrons. The van der Waals surface area contributed by atoms with Crippen LogP contribution in [-0.4, -0.2) is 22.9 Å². The minimum Gasteiger partial charge on any atom is -1.00 e. The molecule has 0 spiro atoms. The first-order valence-corrected chi connectivity index (χ1v) is 2.76. The smallest absolute Gasteiger partial charge is 1.00 e. The Kier molecular flexibility index (Phi) is 25.8. The molecule has 0 aliphatic rings. The molecule has 1 radical (unpaired) electrons. The fraction of sp³-hybridized carbons (Fsp3) is 0. The van der Waals surface area contributed by atoms with Gasteiger partial charge in [0.1, 0.15) is 0 Å². The standard InChI is InChI=1S/Co.Na.H2O3Se.H/c;;1-4(2)3;/h;;(H2,1,2,3);/q;+1;;-1. The van der Waals surface area contributed by atoms with Crippen molar-refractivity contribution in [3.63, 3.8) is 0 Å². The second-order valence-corrected chi connectivity index (χ2v) is 1.20. The third-order valence-corrected chi connectivity index (χ3v) is 0. The minimum atomic E-state index is -3.29. The molecular formula is H3CoNaO3Se. The van der Waals surface area contributed by atoms with Crippen molar-refractivity contribution < 1.29 is 60.0 Å². The van der Waals surface area contributed by atoms with Gasteiger partial charge in [0.15, 0.2) is 0 Å². The third kappa shape index (κ3) is 42.5. The first-order valence-electron chi connectivity index (χ1n) is 0.532. The SMILES string of the molecule is O=[Se](O)O.[Co].[H-].[Na+]. The molecule has 0 aromatic carbocycles. The van der Waals surface area contributed by atoms with E-state index < -0.39 is 14.5 Å². The van der Waals surface area contributed by atoms with Gasteiger partial charge in [-0.15, -0.1) is 0 Å².